The smallest absolute Gasteiger partial charge is 0.159 e. The summed E-state index contributed by atoms with van der Waals surface area (Å²) < 4.78 is 31.8. The van der Waals surface area contributed by atoms with Crippen LogP contribution in [0, 0.1) is 18.6 Å². The van der Waals surface area contributed by atoms with Crippen LogP contribution in [0.3, 0.4) is 0 Å². The van der Waals surface area contributed by atoms with Crippen molar-refractivity contribution in [3.63, 3.8) is 0 Å². The van der Waals surface area contributed by atoms with Gasteiger partial charge >= 0.3 is 0 Å². The Hall–Kier alpha value is -2.46. The zero-order valence-electron chi connectivity index (χ0n) is 13.3. The van der Waals surface area contributed by atoms with Gasteiger partial charge in [0.2, 0.25) is 0 Å². The predicted octanol–water partition coefficient (Wildman–Crippen LogP) is 4.93. The minimum Gasteiger partial charge on any atom is -0.493 e. The maximum Gasteiger partial charge on any atom is 0.159 e. The second kappa shape index (κ2) is 6.97. The molecule has 2 nitrogen and oxygen atoms in total. The molecule has 24 heavy (non-hydrogen) atoms. The standard InChI is InChI=1S/C20H18F2O2/c1-13-10-16(11-14-4-2-3-5-17(13)14)24-9-8-20(23)15-6-7-18(21)19(22)12-15/h2-7,10-12,20,23H,8-9H2,1H3. The van der Waals surface area contributed by atoms with Crippen LogP contribution in [0.4, 0.5) is 8.78 Å². The zero-order chi connectivity index (χ0) is 17.1. The van der Waals surface area contributed by atoms with Crippen LogP contribution in [-0.2, 0) is 0 Å². The fourth-order valence-electron chi connectivity index (χ4n) is 2.73. The molecule has 0 saturated carbocycles. The Morgan fingerprint density at radius 2 is 1.79 bits per heavy atom. The number of aryl methyl sites for hydroxylation is 1. The third-order valence-corrected chi connectivity index (χ3v) is 4.03. The van der Waals surface area contributed by atoms with Crippen molar-refractivity contribution in [1.82, 2.24) is 0 Å². The number of hydrogen-bond donors (Lipinski definition) is 1. The van der Waals surface area contributed by atoms with E-state index in [2.05, 4.69) is 6.07 Å². The lowest BCUT2D eigenvalue weighted by Gasteiger charge is -2.13. The Balaban J connectivity index is 1.64. The van der Waals surface area contributed by atoms with Gasteiger partial charge in [0.05, 0.1) is 12.7 Å². The second-order valence-electron chi connectivity index (χ2n) is 5.79. The van der Waals surface area contributed by atoms with E-state index in [1.807, 2.05) is 37.3 Å². The summed E-state index contributed by atoms with van der Waals surface area (Å²) in [6, 6.07) is 15.3. The molecule has 1 unspecified atom stereocenters. The van der Waals surface area contributed by atoms with E-state index in [0.29, 0.717) is 5.56 Å². The fraction of sp³-hybridized carbons (Fsp3) is 0.200. The number of aliphatic hydroxyl groups is 1. The molecular weight excluding hydrogens is 310 g/mol. The quantitative estimate of drug-likeness (QED) is 0.720. The van der Waals surface area contributed by atoms with Gasteiger partial charge in [0, 0.05) is 6.42 Å². The molecule has 0 saturated heterocycles. The van der Waals surface area contributed by atoms with Crippen LogP contribution in [-0.4, -0.2) is 11.7 Å². The van der Waals surface area contributed by atoms with Crippen LogP contribution in [0.5, 0.6) is 5.75 Å². The number of hydrogen-bond acceptors (Lipinski definition) is 2. The highest BCUT2D eigenvalue weighted by Gasteiger charge is 2.11. The van der Waals surface area contributed by atoms with Gasteiger partial charge in [0.25, 0.3) is 0 Å². The summed E-state index contributed by atoms with van der Waals surface area (Å²) in [5.41, 5.74) is 1.46. The number of fused-ring (bicyclic) bond motifs is 1. The van der Waals surface area contributed by atoms with Crippen molar-refractivity contribution in [2.24, 2.45) is 0 Å². The van der Waals surface area contributed by atoms with Crippen LogP contribution in [0.2, 0.25) is 0 Å². The molecule has 0 aromatic heterocycles. The van der Waals surface area contributed by atoms with Crippen molar-refractivity contribution in [1.29, 1.82) is 0 Å². The molecule has 0 aliphatic carbocycles. The molecular formula is C20H18F2O2. The monoisotopic (exact) mass is 328 g/mol. The van der Waals surface area contributed by atoms with E-state index >= 15 is 0 Å². The maximum absolute atomic E-state index is 13.2. The van der Waals surface area contributed by atoms with Crippen molar-refractivity contribution in [3.8, 4) is 5.75 Å². The number of rotatable bonds is 5. The van der Waals surface area contributed by atoms with Crippen LogP contribution in [0.1, 0.15) is 23.7 Å². The van der Waals surface area contributed by atoms with Crippen molar-refractivity contribution in [2.45, 2.75) is 19.4 Å². The summed E-state index contributed by atoms with van der Waals surface area (Å²) >= 11 is 0. The molecule has 0 heterocycles. The van der Waals surface area contributed by atoms with Gasteiger partial charge < -0.3 is 9.84 Å². The molecule has 3 rings (SSSR count). The molecule has 0 spiro atoms. The number of halogens is 2. The minimum atomic E-state index is -0.961. The summed E-state index contributed by atoms with van der Waals surface area (Å²) in [5, 5.41) is 12.3. The number of ether oxygens (including phenoxy) is 1. The first-order valence-corrected chi connectivity index (χ1v) is 7.80. The van der Waals surface area contributed by atoms with Crippen LogP contribution in [0.15, 0.2) is 54.6 Å². The van der Waals surface area contributed by atoms with Gasteiger partial charge in [-0.05, 0) is 53.1 Å². The van der Waals surface area contributed by atoms with E-state index in [9.17, 15) is 13.9 Å². The first-order chi connectivity index (χ1) is 11.5. The average Bonchev–Trinajstić information content (AvgIpc) is 2.57. The molecule has 3 aromatic rings. The molecule has 0 aliphatic rings. The summed E-state index contributed by atoms with van der Waals surface area (Å²) in [4.78, 5) is 0. The summed E-state index contributed by atoms with van der Waals surface area (Å²) in [5.74, 6) is -1.16. The van der Waals surface area contributed by atoms with E-state index in [1.54, 1.807) is 0 Å². The van der Waals surface area contributed by atoms with Gasteiger partial charge in [-0.3, -0.25) is 0 Å². The van der Waals surface area contributed by atoms with Gasteiger partial charge in [0.15, 0.2) is 11.6 Å². The molecule has 3 aromatic carbocycles. The number of aliphatic hydroxyl groups excluding tert-OH is 1. The highest BCUT2D eigenvalue weighted by Crippen LogP contribution is 2.26. The maximum atomic E-state index is 13.2. The Labute approximate surface area is 139 Å². The Morgan fingerprint density at radius 3 is 2.58 bits per heavy atom. The zero-order valence-corrected chi connectivity index (χ0v) is 13.3. The minimum absolute atomic E-state index is 0.276. The molecule has 0 aliphatic heterocycles. The summed E-state index contributed by atoms with van der Waals surface area (Å²) in [6.45, 7) is 2.29. The second-order valence-corrected chi connectivity index (χ2v) is 5.79. The lowest BCUT2D eigenvalue weighted by Crippen LogP contribution is -2.06. The third kappa shape index (κ3) is 3.54. The van der Waals surface area contributed by atoms with Gasteiger partial charge in [-0.25, -0.2) is 8.78 Å². The van der Waals surface area contributed by atoms with E-state index in [4.69, 9.17) is 4.74 Å². The molecule has 0 radical (unpaired) electrons. The van der Waals surface area contributed by atoms with Crippen LogP contribution in [0.25, 0.3) is 10.8 Å². The largest absolute Gasteiger partial charge is 0.493 e. The molecule has 124 valence electrons. The SMILES string of the molecule is Cc1cc(OCCC(O)c2ccc(F)c(F)c2)cc2ccccc12. The summed E-state index contributed by atoms with van der Waals surface area (Å²) in [6.07, 6.45) is -0.613. The summed E-state index contributed by atoms with van der Waals surface area (Å²) in [7, 11) is 0. The normalized spacial score (nSPS) is 12.3. The van der Waals surface area contributed by atoms with Crippen molar-refractivity contribution < 1.29 is 18.6 Å². The van der Waals surface area contributed by atoms with Gasteiger partial charge in [-0.2, -0.15) is 0 Å². The van der Waals surface area contributed by atoms with E-state index in [-0.39, 0.29) is 13.0 Å². The molecule has 1 atom stereocenters. The van der Waals surface area contributed by atoms with E-state index in [1.165, 1.54) is 11.5 Å². The molecule has 0 fully saturated rings. The predicted molar refractivity (Wildman–Crippen MR) is 90.1 cm³/mol. The highest BCUT2D eigenvalue weighted by atomic mass is 19.2. The lowest BCUT2D eigenvalue weighted by molar-refractivity contribution is 0.140. The molecule has 1 N–H and O–H groups in total. The molecule has 0 bridgehead atoms. The Bertz CT molecular complexity index is 861. The topological polar surface area (TPSA) is 29.5 Å². The Morgan fingerprint density at radius 1 is 1.00 bits per heavy atom. The van der Waals surface area contributed by atoms with Crippen LogP contribution < -0.4 is 4.74 Å². The molecule has 4 heteroatoms. The first-order valence-electron chi connectivity index (χ1n) is 7.80. The first kappa shape index (κ1) is 16.4. The third-order valence-electron chi connectivity index (χ3n) is 4.03. The van der Waals surface area contributed by atoms with Gasteiger partial charge in [-0.15, -0.1) is 0 Å². The van der Waals surface area contributed by atoms with Crippen molar-refractivity contribution in [3.05, 3.63) is 77.4 Å². The lowest BCUT2D eigenvalue weighted by atomic mass is 10.1. The fourth-order valence-corrected chi connectivity index (χ4v) is 2.73. The van der Waals surface area contributed by atoms with E-state index < -0.39 is 17.7 Å². The van der Waals surface area contributed by atoms with Crippen molar-refractivity contribution >= 4 is 10.8 Å². The Kier molecular flexibility index (Phi) is 4.76. The number of benzene rings is 3. The van der Waals surface area contributed by atoms with Gasteiger partial charge in [-0.1, -0.05) is 30.3 Å². The van der Waals surface area contributed by atoms with E-state index in [0.717, 1.165) is 28.8 Å². The van der Waals surface area contributed by atoms with Gasteiger partial charge in [0.1, 0.15) is 5.75 Å². The molecule has 0 amide bonds. The average molecular weight is 328 g/mol. The highest BCUT2D eigenvalue weighted by molar-refractivity contribution is 5.86. The van der Waals surface area contributed by atoms with Crippen LogP contribution >= 0.6 is 0 Å². The van der Waals surface area contributed by atoms with Crippen molar-refractivity contribution in [2.75, 3.05) is 6.61 Å².